The lowest BCUT2D eigenvalue weighted by Gasteiger charge is -2.48. The molecule has 7 bridgehead atoms. The van der Waals surface area contributed by atoms with E-state index in [1.165, 1.54) is 135 Å². The Morgan fingerprint density at radius 2 is 1.00 bits per heavy atom. The van der Waals surface area contributed by atoms with Gasteiger partial charge >= 0.3 is 0 Å². The highest BCUT2D eigenvalue weighted by molar-refractivity contribution is 6.42. The largest absolute Gasteiger partial charge is 0.308 e. The van der Waals surface area contributed by atoms with E-state index in [4.69, 9.17) is 0 Å². The minimum absolute atomic E-state index is 0.695. The van der Waals surface area contributed by atoms with Gasteiger partial charge in [-0.2, -0.15) is 0 Å². The molecule has 0 saturated heterocycles. The SMILES string of the molecule is c1cc2ccc3c4c(ccc(c1)c24)c1c2cc4c(cc2n2c5cc6c(cc5c3c12)C1CC2CC(C1)CC6C2)C1CC2CC3CC4CC32C1. The van der Waals surface area contributed by atoms with Crippen LogP contribution in [0.3, 0.4) is 0 Å². The van der Waals surface area contributed by atoms with Crippen LogP contribution in [0.1, 0.15) is 110 Å². The summed E-state index contributed by atoms with van der Waals surface area (Å²) in [5.74, 6) is 7.00. The number of hydrogen-bond donors (Lipinski definition) is 0. The average Bonchev–Trinajstić information content (AvgIpc) is 3.74. The van der Waals surface area contributed by atoms with E-state index in [0.29, 0.717) is 5.41 Å². The van der Waals surface area contributed by atoms with E-state index >= 15 is 0 Å². The van der Waals surface area contributed by atoms with Crippen molar-refractivity contribution in [3.63, 3.8) is 0 Å². The first-order valence-corrected chi connectivity index (χ1v) is 19.6. The molecule has 5 fully saturated rings. The van der Waals surface area contributed by atoms with Crippen LogP contribution in [0.5, 0.6) is 0 Å². The molecule has 8 aliphatic rings. The van der Waals surface area contributed by atoms with E-state index < -0.39 is 0 Å². The third-order valence-corrected chi connectivity index (χ3v) is 16.9. The molecule has 5 saturated carbocycles. The van der Waals surface area contributed by atoms with Crippen LogP contribution in [0.2, 0.25) is 0 Å². The lowest BCUT2D eigenvalue weighted by atomic mass is 9.56. The number of hydrogen-bond acceptors (Lipinski definition) is 0. The molecule has 6 aromatic carbocycles. The second kappa shape index (κ2) is 7.50. The van der Waals surface area contributed by atoms with E-state index in [9.17, 15) is 0 Å². The van der Waals surface area contributed by atoms with Crippen molar-refractivity contribution < 1.29 is 0 Å². The third kappa shape index (κ3) is 2.47. The number of benzene rings is 6. The zero-order chi connectivity index (χ0) is 30.4. The Bertz CT molecular complexity index is 2780. The smallest absolute Gasteiger partial charge is 0.0633 e. The first kappa shape index (κ1) is 24.3. The minimum atomic E-state index is 0.695. The predicted molar refractivity (Wildman–Crippen MR) is 198 cm³/mol. The minimum Gasteiger partial charge on any atom is -0.308 e. The summed E-state index contributed by atoms with van der Waals surface area (Å²) in [7, 11) is 0. The Morgan fingerprint density at radius 1 is 0.458 bits per heavy atom. The Kier molecular flexibility index (Phi) is 3.80. The monoisotopic (exact) mass is 617 g/mol. The van der Waals surface area contributed by atoms with Crippen molar-refractivity contribution in [1.82, 2.24) is 4.40 Å². The van der Waals surface area contributed by atoms with Crippen LogP contribution in [0.15, 0.2) is 66.7 Å². The number of aromatic nitrogens is 1. The van der Waals surface area contributed by atoms with E-state index in [2.05, 4.69) is 71.1 Å². The van der Waals surface area contributed by atoms with Gasteiger partial charge in [-0.1, -0.05) is 42.5 Å². The maximum Gasteiger partial charge on any atom is 0.0633 e. The molecule has 0 amide bonds. The maximum atomic E-state index is 2.81. The van der Waals surface area contributed by atoms with Crippen molar-refractivity contribution in [3.05, 3.63) is 89.0 Å². The zero-order valence-corrected chi connectivity index (χ0v) is 27.5. The summed E-state index contributed by atoms with van der Waals surface area (Å²) in [6, 6.07) is 27.8. The Balaban J connectivity index is 1.16. The molecule has 0 radical (unpaired) electrons. The van der Waals surface area contributed by atoms with Crippen LogP contribution >= 0.6 is 0 Å². The summed E-state index contributed by atoms with van der Waals surface area (Å²) in [6.07, 6.45) is 14.6. The molecule has 0 aliphatic heterocycles. The van der Waals surface area contributed by atoms with Crippen molar-refractivity contribution >= 4 is 70.4 Å². The van der Waals surface area contributed by atoms with Crippen molar-refractivity contribution in [3.8, 4) is 0 Å². The molecule has 16 rings (SSSR count). The molecule has 0 N–H and O–H groups in total. The number of fused-ring (bicyclic) bond motifs is 13. The van der Waals surface area contributed by atoms with Crippen molar-refractivity contribution in [2.75, 3.05) is 0 Å². The topological polar surface area (TPSA) is 4.41 Å². The lowest BCUT2D eigenvalue weighted by Crippen LogP contribution is -2.41. The van der Waals surface area contributed by atoms with Crippen LogP contribution < -0.4 is 0 Å². The quantitative estimate of drug-likeness (QED) is 0.149. The summed E-state index contributed by atoms with van der Waals surface area (Å²) >= 11 is 0. The van der Waals surface area contributed by atoms with E-state index in [1.807, 2.05) is 0 Å². The average molecular weight is 618 g/mol. The first-order valence-electron chi connectivity index (χ1n) is 19.6. The third-order valence-electron chi connectivity index (χ3n) is 16.9. The highest BCUT2D eigenvalue weighted by Gasteiger charge is 2.65. The molecular weight excluding hydrogens is 579 g/mol. The van der Waals surface area contributed by atoms with Crippen LogP contribution in [0.25, 0.3) is 70.4 Å². The van der Waals surface area contributed by atoms with Gasteiger partial charge < -0.3 is 4.40 Å². The molecule has 7 atom stereocenters. The van der Waals surface area contributed by atoms with Crippen LogP contribution in [0.4, 0.5) is 0 Å². The van der Waals surface area contributed by atoms with Crippen LogP contribution in [-0.4, -0.2) is 4.40 Å². The highest BCUT2D eigenvalue weighted by Crippen LogP contribution is 2.76. The van der Waals surface area contributed by atoms with Crippen molar-refractivity contribution in [2.45, 2.75) is 87.9 Å². The molecule has 1 spiro atoms. The van der Waals surface area contributed by atoms with Gasteiger partial charge in [-0.15, -0.1) is 0 Å². The van der Waals surface area contributed by atoms with Crippen molar-refractivity contribution in [1.29, 1.82) is 0 Å². The van der Waals surface area contributed by atoms with Gasteiger partial charge in [0.25, 0.3) is 0 Å². The van der Waals surface area contributed by atoms with E-state index in [-0.39, 0.29) is 0 Å². The highest BCUT2D eigenvalue weighted by atomic mass is 14.9. The van der Waals surface area contributed by atoms with Gasteiger partial charge in [0, 0.05) is 21.5 Å². The van der Waals surface area contributed by atoms with Crippen LogP contribution in [0, 0.1) is 29.1 Å². The molecule has 2 heterocycles. The summed E-state index contributed by atoms with van der Waals surface area (Å²) in [4.78, 5) is 0. The molecule has 2 aromatic heterocycles. The predicted octanol–water partition coefficient (Wildman–Crippen LogP) is 12.5. The van der Waals surface area contributed by atoms with Crippen molar-refractivity contribution in [2.24, 2.45) is 29.1 Å². The number of rotatable bonds is 0. The fourth-order valence-electron chi connectivity index (χ4n) is 15.4. The van der Waals surface area contributed by atoms with Gasteiger partial charge in [-0.05, 0) is 196 Å². The first-order chi connectivity index (χ1) is 23.7. The second-order valence-electron chi connectivity index (χ2n) is 18.6. The molecular formula is C47H39N. The lowest BCUT2D eigenvalue weighted by molar-refractivity contribution is 0.00322. The standard InChI is InChI=1S/C47H39N/c1-2-24-4-6-32-43-33(7-5-25(3-1)42(24)43)45-39-17-35-28-13-30-15-31-14-29(21-47(30,31)20-28)37(35)19-41(39)48-40-18-36-27-11-22-8-23(12-27)10-26(9-22)34(36)16-38(40)44(32)46(45)48/h1-7,16-19,22-23,26-31H,8-15,20-21H2. The normalized spacial score (nSPS) is 35.6. The Hall–Kier alpha value is -3.84. The summed E-state index contributed by atoms with van der Waals surface area (Å²) in [5, 5.41) is 14.8. The summed E-state index contributed by atoms with van der Waals surface area (Å²) in [5.41, 5.74) is 12.2. The molecule has 1 heteroatoms. The zero-order valence-electron chi connectivity index (χ0n) is 27.5. The van der Waals surface area contributed by atoms with Gasteiger partial charge in [0.05, 0.1) is 16.6 Å². The van der Waals surface area contributed by atoms with Gasteiger partial charge in [-0.25, -0.2) is 0 Å². The van der Waals surface area contributed by atoms with Crippen LogP contribution in [-0.2, 0) is 0 Å². The fraction of sp³-hybridized carbons (Fsp3) is 0.404. The van der Waals surface area contributed by atoms with Gasteiger partial charge in [0.15, 0.2) is 0 Å². The molecule has 8 aromatic rings. The summed E-state index contributed by atoms with van der Waals surface area (Å²) in [6.45, 7) is 0. The summed E-state index contributed by atoms with van der Waals surface area (Å²) < 4.78 is 2.81. The molecule has 48 heavy (non-hydrogen) atoms. The molecule has 232 valence electrons. The van der Waals surface area contributed by atoms with Gasteiger partial charge in [0.1, 0.15) is 0 Å². The van der Waals surface area contributed by atoms with Gasteiger partial charge in [-0.3, -0.25) is 0 Å². The Morgan fingerprint density at radius 3 is 1.60 bits per heavy atom. The van der Waals surface area contributed by atoms with E-state index in [1.54, 1.807) is 22.3 Å². The molecule has 8 aliphatic carbocycles. The van der Waals surface area contributed by atoms with Gasteiger partial charge in [0.2, 0.25) is 0 Å². The van der Waals surface area contributed by atoms with E-state index in [0.717, 1.165) is 47.3 Å². The molecule has 7 unspecified atom stereocenters. The molecule has 1 nitrogen and oxygen atoms in total. The Labute approximate surface area is 279 Å². The second-order valence-corrected chi connectivity index (χ2v) is 18.6. The number of nitrogens with zero attached hydrogens (tertiary/aromatic N) is 1. The maximum absolute atomic E-state index is 2.81. The fourth-order valence-corrected chi connectivity index (χ4v) is 15.4.